The van der Waals surface area contributed by atoms with Crippen LogP contribution in [-0.2, 0) is 9.59 Å². The molecule has 0 bridgehead atoms. The lowest BCUT2D eigenvalue weighted by Crippen LogP contribution is -2.42. The first-order valence-corrected chi connectivity index (χ1v) is 12.6. The zero-order valence-corrected chi connectivity index (χ0v) is 21.1. The van der Waals surface area contributed by atoms with Gasteiger partial charge >= 0.3 is 11.8 Å². The van der Waals surface area contributed by atoms with Gasteiger partial charge in [0.1, 0.15) is 0 Å². The number of aromatic nitrogens is 3. The van der Waals surface area contributed by atoms with Gasteiger partial charge in [0.2, 0.25) is 5.95 Å². The molecule has 0 saturated heterocycles. The number of rotatable bonds is 6. The van der Waals surface area contributed by atoms with Crippen molar-refractivity contribution in [2.45, 2.75) is 37.8 Å². The Morgan fingerprint density at radius 2 is 1.79 bits per heavy atom. The van der Waals surface area contributed by atoms with E-state index in [1.807, 2.05) is 30.5 Å². The van der Waals surface area contributed by atoms with Crippen molar-refractivity contribution in [3.63, 3.8) is 0 Å². The number of benzene rings is 2. The van der Waals surface area contributed by atoms with Gasteiger partial charge in [0.05, 0.1) is 16.9 Å². The molecule has 1 aliphatic rings. The molecule has 2 aromatic carbocycles. The van der Waals surface area contributed by atoms with Crippen molar-refractivity contribution in [2.75, 3.05) is 10.6 Å². The molecule has 1 saturated carbocycles. The number of primary amides is 1. The molecule has 38 heavy (non-hydrogen) atoms. The van der Waals surface area contributed by atoms with Gasteiger partial charge in [-0.3, -0.25) is 14.4 Å². The minimum absolute atomic E-state index is 0.0246. The minimum atomic E-state index is -1.08. The summed E-state index contributed by atoms with van der Waals surface area (Å²) in [5, 5.41) is 10.4. The third-order valence-electron chi connectivity index (χ3n) is 6.56. The van der Waals surface area contributed by atoms with Crippen LogP contribution in [0.15, 0.2) is 60.9 Å². The Morgan fingerprint density at radius 3 is 2.58 bits per heavy atom. The highest BCUT2D eigenvalue weighted by Gasteiger charge is 2.25. The number of fused-ring (bicyclic) bond motifs is 1. The van der Waals surface area contributed by atoms with Gasteiger partial charge in [-0.05, 0) is 56.0 Å². The number of hydrogen-bond donors (Lipinski definition) is 5. The molecule has 1 fully saturated rings. The molecule has 5 rings (SSSR count). The maximum Gasteiger partial charge on any atom is 0.313 e. The molecule has 6 N–H and O–H groups in total. The smallest absolute Gasteiger partial charge is 0.313 e. The number of H-pyrrole nitrogens is 1. The number of nitrogens with zero attached hydrogens (tertiary/aromatic N) is 2. The zero-order chi connectivity index (χ0) is 26.6. The van der Waals surface area contributed by atoms with E-state index in [1.165, 1.54) is 0 Å². The van der Waals surface area contributed by atoms with E-state index in [0.717, 1.165) is 35.7 Å². The van der Waals surface area contributed by atoms with Crippen LogP contribution >= 0.6 is 11.6 Å². The summed E-state index contributed by atoms with van der Waals surface area (Å²) in [5.41, 5.74) is 8.33. The van der Waals surface area contributed by atoms with Crippen LogP contribution in [0.4, 0.5) is 11.6 Å². The van der Waals surface area contributed by atoms with E-state index in [4.69, 9.17) is 22.3 Å². The summed E-state index contributed by atoms with van der Waals surface area (Å²) in [6, 6.07) is 14.3. The topological polar surface area (TPSA) is 155 Å². The van der Waals surface area contributed by atoms with Crippen LogP contribution in [0.3, 0.4) is 0 Å². The van der Waals surface area contributed by atoms with Crippen LogP contribution in [0.1, 0.15) is 36.0 Å². The van der Waals surface area contributed by atoms with Crippen LogP contribution in [0, 0.1) is 0 Å². The number of aromatic amines is 1. The Morgan fingerprint density at radius 1 is 1.03 bits per heavy atom. The third kappa shape index (κ3) is 5.60. The highest BCUT2D eigenvalue weighted by Crippen LogP contribution is 2.32. The van der Waals surface area contributed by atoms with Gasteiger partial charge in [-0.2, -0.15) is 0 Å². The quantitative estimate of drug-likeness (QED) is 0.238. The molecule has 10 nitrogen and oxygen atoms in total. The van der Waals surface area contributed by atoms with Crippen LogP contribution in [-0.4, -0.2) is 44.8 Å². The summed E-state index contributed by atoms with van der Waals surface area (Å²) in [6.07, 6.45) is 6.93. The van der Waals surface area contributed by atoms with E-state index in [-0.39, 0.29) is 18.0 Å². The molecule has 0 spiro atoms. The SMILES string of the molecule is NC(=O)C(=O)Nc1ccc(C(=O)N[C@H]2CCC[C@@H](Nc3ncc(Cl)c(-c4c[nH]c5ccccc45)n3)C2)cc1. The molecule has 2 heterocycles. The zero-order valence-electron chi connectivity index (χ0n) is 20.3. The van der Waals surface area contributed by atoms with E-state index in [2.05, 4.69) is 25.9 Å². The van der Waals surface area contributed by atoms with E-state index in [0.29, 0.717) is 34.3 Å². The van der Waals surface area contributed by atoms with Crippen LogP contribution < -0.4 is 21.7 Å². The molecule has 0 unspecified atom stereocenters. The Bertz CT molecular complexity index is 1500. The molecule has 11 heteroatoms. The largest absolute Gasteiger partial charge is 0.361 e. The lowest BCUT2D eigenvalue weighted by molar-refractivity contribution is -0.134. The van der Waals surface area contributed by atoms with Crippen molar-refractivity contribution in [3.8, 4) is 11.3 Å². The Kier molecular flexibility index (Phi) is 7.23. The fourth-order valence-electron chi connectivity index (χ4n) is 4.69. The number of anilines is 2. The van der Waals surface area contributed by atoms with Crippen molar-refractivity contribution in [1.29, 1.82) is 0 Å². The van der Waals surface area contributed by atoms with E-state index in [9.17, 15) is 14.4 Å². The van der Waals surface area contributed by atoms with Gasteiger partial charge < -0.3 is 26.7 Å². The number of carbonyl (C=O) groups excluding carboxylic acids is 3. The fraction of sp³-hybridized carbons (Fsp3) is 0.222. The molecule has 194 valence electrons. The molecule has 2 aromatic heterocycles. The third-order valence-corrected chi connectivity index (χ3v) is 6.84. The first kappa shape index (κ1) is 25.2. The van der Waals surface area contributed by atoms with E-state index < -0.39 is 11.8 Å². The molecular weight excluding hydrogens is 506 g/mol. The summed E-state index contributed by atoms with van der Waals surface area (Å²) in [5.74, 6) is -1.72. The number of halogens is 1. The average Bonchev–Trinajstić information content (AvgIpc) is 3.34. The first-order valence-electron chi connectivity index (χ1n) is 12.2. The molecular formula is C27H26ClN7O3. The van der Waals surface area contributed by atoms with Gasteiger partial charge in [-0.15, -0.1) is 0 Å². The van der Waals surface area contributed by atoms with Crippen LogP contribution in [0.2, 0.25) is 5.02 Å². The normalized spacial score (nSPS) is 17.1. The van der Waals surface area contributed by atoms with Gasteiger partial charge in [-0.1, -0.05) is 29.8 Å². The van der Waals surface area contributed by atoms with Gasteiger partial charge in [0.15, 0.2) is 0 Å². The number of nitrogens with two attached hydrogens (primary N) is 1. The Balaban J connectivity index is 1.22. The lowest BCUT2D eigenvalue weighted by Gasteiger charge is -2.30. The number of para-hydroxylation sites is 1. The monoisotopic (exact) mass is 531 g/mol. The van der Waals surface area contributed by atoms with Gasteiger partial charge in [0, 0.05) is 46.0 Å². The van der Waals surface area contributed by atoms with Crippen molar-refractivity contribution >= 4 is 51.9 Å². The van der Waals surface area contributed by atoms with E-state index >= 15 is 0 Å². The molecule has 3 amide bonds. The van der Waals surface area contributed by atoms with Crippen molar-refractivity contribution in [1.82, 2.24) is 20.3 Å². The maximum absolute atomic E-state index is 12.8. The van der Waals surface area contributed by atoms with Crippen molar-refractivity contribution in [3.05, 3.63) is 71.5 Å². The second-order valence-corrected chi connectivity index (χ2v) is 9.62. The van der Waals surface area contributed by atoms with E-state index in [1.54, 1.807) is 30.5 Å². The number of nitrogens with one attached hydrogen (secondary N) is 4. The second kappa shape index (κ2) is 10.9. The lowest BCUT2D eigenvalue weighted by atomic mass is 9.91. The first-order chi connectivity index (χ1) is 18.4. The maximum atomic E-state index is 12.8. The Labute approximate surface area is 223 Å². The highest BCUT2D eigenvalue weighted by molar-refractivity contribution is 6.39. The molecule has 4 aromatic rings. The molecule has 1 aliphatic carbocycles. The van der Waals surface area contributed by atoms with Gasteiger partial charge in [-0.25, -0.2) is 9.97 Å². The van der Waals surface area contributed by atoms with Crippen LogP contribution in [0.25, 0.3) is 22.2 Å². The van der Waals surface area contributed by atoms with Crippen LogP contribution in [0.5, 0.6) is 0 Å². The fourth-order valence-corrected chi connectivity index (χ4v) is 4.89. The predicted octanol–water partition coefficient (Wildman–Crippen LogP) is 3.86. The summed E-state index contributed by atoms with van der Waals surface area (Å²) in [6.45, 7) is 0. The standard InChI is InChI=1S/C27H26ClN7O3/c28-21-14-31-27(35-23(21)20-13-30-22-7-2-1-6-19(20)22)34-18-5-3-4-17(12-18)33-25(37)15-8-10-16(11-9-15)32-26(38)24(29)36/h1-2,6-11,13-14,17-18,30H,3-5,12H2,(H2,29,36)(H,32,38)(H,33,37)(H,31,34,35)/t17-,18+/m0/s1. The number of hydrogen-bond acceptors (Lipinski definition) is 6. The minimum Gasteiger partial charge on any atom is -0.361 e. The summed E-state index contributed by atoms with van der Waals surface area (Å²) >= 11 is 6.46. The highest BCUT2D eigenvalue weighted by atomic mass is 35.5. The average molecular weight is 532 g/mol. The Hall–Kier alpha value is -4.44. The summed E-state index contributed by atoms with van der Waals surface area (Å²) < 4.78 is 0. The number of amides is 3. The summed E-state index contributed by atoms with van der Waals surface area (Å²) in [7, 11) is 0. The second-order valence-electron chi connectivity index (χ2n) is 9.21. The van der Waals surface area contributed by atoms with Crippen molar-refractivity contribution in [2.24, 2.45) is 5.73 Å². The summed E-state index contributed by atoms with van der Waals surface area (Å²) in [4.78, 5) is 47.5. The number of carbonyl (C=O) groups is 3. The molecule has 0 aliphatic heterocycles. The molecule has 0 radical (unpaired) electrons. The van der Waals surface area contributed by atoms with Gasteiger partial charge in [0.25, 0.3) is 5.91 Å². The molecule has 2 atom stereocenters. The van der Waals surface area contributed by atoms with Crippen molar-refractivity contribution < 1.29 is 14.4 Å². The predicted molar refractivity (Wildman–Crippen MR) is 146 cm³/mol.